The average molecular weight is 253 g/mol. The summed E-state index contributed by atoms with van der Waals surface area (Å²) in [6, 6.07) is 0.798. The van der Waals surface area contributed by atoms with E-state index in [0.29, 0.717) is 0 Å². The molecular weight excluding hydrogens is 218 g/mol. The van der Waals surface area contributed by atoms with Crippen molar-refractivity contribution in [3.05, 3.63) is 0 Å². The second-order valence-corrected chi connectivity index (χ2v) is 6.72. The van der Waals surface area contributed by atoms with Crippen LogP contribution in [-0.2, 0) is 0 Å². The Bertz CT molecular complexity index is 182. The van der Waals surface area contributed by atoms with Crippen LogP contribution in [0.15, 0.2) is 0 Å². The summed E-state index contributed by atoms with van der Waals surface area (Å²) in [5.41, 5.74) is 0. The van der Waals surface area contributed by atoms with E-state index >= 15 is 0 Å². The van der Waals surface area contributed by atoms with E-state index in [4.69, 9.17) is 0 Å². The molecule has 0 aromatic heterocycles. The van der Waals surface area contributed by atoms with E-state index in [2.05, 4.69) is 26.1 Å². The number of hydrogen-bond acceptors (Lipinski definition) is 1. The molecule has 108 valence electrons. The van der Waals surface area contributed by atoms with Crippen LogP contribution in [0.1, 0.15) is 85.0 Å². The molecule has 0 aliphatic heterocycles. The first-order valence-corrected chi connectivity index (χ1v) is 8.45. The fourth-order valence-electron chi connectivity index (χ4n) is 3.25. The van der Waals surface area contributed by atoms with Crippen molar-refractivity contribution in [2.75, 3.05) is 6.54 Å². The lowest BCUT2D eigenvalue weighted by molar-refractivity contribution is 0.286. The molecule has 1 atom stereocenters. The lowest BCUT2D eigenvalue weighted by Gasteiger charge is -2.27. The molecule has 0 radical (unpaired) electrons. The van der Waals surface area contributed by atoms with Gasteiger partial charge >= 0.3 is 0 Å². The highest BCUT2D eigenvalue weighted by atomic mass is 14.9. The van der Waals surface area contributed by atoms with Crippen molar-refractivity contribution in [3.8, 4) is 0 Å². The summed E-state index contributed by atoms with van der Waals surface area (Å²) in [4.78, 5) is 0. The number of nitrogens with one attached hydrogen (secondary N) is 1. The van der Waals surface area contributed by atoms with Crippen molar-refractivity contribution < 1.29 is 0 Å². The maximum Gasteiger partial charge on any atom is 0.00697 e. The third-order valence-electron chi connectivity index (χ3n) is 4.36. The van der Waals surface area contributed by atoms with Gasteiger partial charge in [0.05, 0.1) is 0 Å². The normalized spacial score (nSPS) is 19.3. The highest BCUT2D eigenvalue weighted by molar-refractivity contribution is 4.75. The third kappa shape index (κ3) is 7.41. The van der Waals surface area contributed by atoms with E-state index in [1.54, 1.807) is 0 Å². The lowest BCUT2D eigenvalue weighted by Crippen LogP contribution is -2.32. The van der Waals surface area contributed by atoms with Crippen LogP contribution in [0.3, 0.4) is 0 Å². The molecule has 0 heterocycles. The molecule has 0 bridgehead atoms. The van der Waals surface area contributed by atoms with Gasteiger partial charge in [-0.05, 0) is 37.6 Å². The van der Waals surface area contributed by atoms with Gasteiger partial charge in [-0.3, -0.25) is 0 Å². The summed E-state index contributed by atoms with van der Waals surface area (Å²) < 4.78 is 0. The zero-order valence-corrected chi connectivity index (χ0v) is 13.0. The van der Waals surface area contributed by atoms with Gasteiger partial charge in [-0.2, -0.15) is 0 Å². The lowest BCUT2D eigenvalue weighted by atomic mass is 9.83. The maximum atomic E-state index is 3.79. The van der Waals surface area contributed by atoms with Crippen LogP contribution in [0.25, 0.3) is 0 Å². The largest absolute Gasteiger partial charge is 0.314 e. The Morgan fingerprint density at radius 1 is 1.06 bits per heavy atom. The Labute approximate surface area is 115 Å². The zero-order valence-electron chi connectivity index (χ0n) is 13.0. The van der Waals surface area contributed by atoms with Crippen LogP contribution < -0.4 is 5.32 Å². The Morgan fingerprint density at radius 3 is 2.39 bits per heavy atom. The molecule has 1 aliphatic carbocycles. The van der Waals surface area contributed by atoms with Gasteiger partial charge in [-0.1, -0.05) is 65.7 Å². The molecule has 0 aromatic carbocycles. The van der Waals surface area contributed by atoms with E-state index in [1.165, 1.54) is 70.8 Å². The van der Waals surface area contributed by atoms with E-state index in [-0.39, 0.29) is 0 Å². The molecule has 1 N–H and O–H groups in total. The fourth-order valence-corrected chi connectivity index (χ4v) is 3.25. The maximum absolute atomic E-state index is 3.79. The first-order chi connectivity index (χ1) is 8.72. The Hall–Kier alpha value is -0.0400. The van der Waals surface area contributed by atoms with Crippen LogP contribution in [0.4, 0.5) is 0 Å². The number of rotatable bonds is 9. The van der Waals surface area contributed by atoms with Crippen molar-refractivity contribution in [2.24, 2.45) is 11.8 Å². The Morgan fingerprint density at radius 2 is 1.78 bits per heavy atom. The average Bonchev–Trinajstić information content (AvgIpc) is 2.36. The predicted octanol–water partition coefficient (Wildman–Crippen LogP) is 5.15. The van der Waals surface area contributed by atoms with Crippen molar-refractivity contribution in [2.45, 2.75) is 91.0 Å². The second kappa shape index (κ2) is 9.83. The molecule has 18 heavy (non-hydrogen) atoms. The standard InChI is InChI=1S/C17H35N/c1-4-13-18-17(12-8-9-15(2)3)14-16-10-6-5-7-11-16/h15-18H,4-14H2,1-3H3. The van der Waals surface area contributed by atoms with Crippen LogP contribution >= 0.6 is 0 Å². The van der Waals surface area contributed by atoms with E-state index in [1.807, 2.05) is 0 Å². The zero-order chi connectivity index (χ0) is 13.2. The Balaban J connectivity index is 2.24. The summed E-state index contributed by atoms with van der Waals surface area (Å²) in [6.45, 7) is 8.17. The minimum absolute atomic E-state index is 0.798. The SMILES string of the molecule is CCCNC(CCCC(C)C)CC1CCCCC1. The molecule has 1 unspecified atom stereocenters. The predicted molar refractivity (Wildman–Crippen MR) is 82.0 cm³/mol. The van der Waals surface area contributed by atoms with E-state index in [0.717, 1.165) is 17.9 Å². The minimum Gasteiger partial charge on any atom is -0.314 e. The summed E-state index contributed by atoms with van der Waals surface area (Å²) in [6.07, 6.45) is 14.4. The molecular formula is C17H35N. The molecule has 0 spiro atoms. The van der Waals surface area contributed by atoms with Crippen LogP contribution in [-0.4, -0.2) is 12.6 Å². The number of hydrogen-bond donors (Lipinski definition) is 1. The molecule has 1 fully saturated rings. The van der Waals surface area contributed by atoms with Gasteiger partial charge < -0.3 is 5.32 Å². The van der Waals surface area contributed by atoms with E-state index < -0.39 is 0 Å². The van der Waals surface area contributed by atoms with Gasteiger partial charge in [0.25, 0.3) is 0 Å². The van der Waals surface area contributed by atoms with Gasteiger partial charge in [0.1, 0.15) is 0 Å². The quantitative estimate of drug-likeness (QED) is 0.599. The van der Waals surface area contributed by atoms with Crippen molar-refractivity contribution >= 4 is 0 Å². The van der Waals surface area contributed by atoms with Crippen LogP contribution in [0.2, 0.25) is 0 Å². The van der Waals surface area contributed by atoms with E-state index in [9.17, 15) is 0 Å². The monoisotopic (exact) mass is 253 g/mol. The van der Waals surface area contributed by atoms with Gasteiger partial charge in [0.15, 0.2) is 0 Å². The second-order valence-electron chi connectivity index (χ2n) is 6.72. The molecule has 1 rings (SSSR count). The summed E-state index contributed by atoms with van der Waals surface area (Å²) >= 11 is 0. The van der Waals surface area contributed by atoms with Crippen molar-refractivity contribution in [1.29, 1.82) is 0 Å². The Kier molecular flexibility index (Phi) is 8.75. The van der Waals surface area contributed by atoms with Gasteiger partial charge in [0, 0.05) is 6.04 Å². The van der Waals surface area contributed by atoms with Crippen LogP contribution in [0, 0.1) is 11.8 Å². The third-order valence-corrected chi connectivity index (χ3v) is 4.36. The molecule has 0 saturated heterocycles. The summed E-state index contributed by atoms with van der Waals surface area (Å²) in [5.74, 6) is 1.89. The topological polar surface area (TPSA) is 12.0 Å². The molecule has 1 aliphatic rings. The first kappa shape index (κ1) is 16.0. The van der Waals surface area contributed by atoms with Gasteiger partial charge in [-0.25, -0.2) is 0 Å². The molecule has 1 saturated carbocycles. The first-order valence-electron chi connectivity index (χ1n) is 8.45. The molecule has 0 amide bonds. The van der Waals surface area contributed by atoms with Gasteiger partial charge in [-0.15, -0.1) is 0 Å². The fraction of sp³-hybridized carbons (Fsp3) is 1.00. The van der Waals surface area contributed by atoms with Gasteiger partial charge in [0.2, 0.25) is 0 Å². The van der Waals surface area contributed by atoms with Crippen LogP contribution in [0.5, 0.6) is 0 Å². The molecule has 1 nitrogen and oxygen atoms in total. The smallest absolute Gasteiger partial charge is 0.00697 e. The highest BCUT2D eigenvalue weighted by Crippen LogP contribution is 2.28. The molecule has 0 aromatic rings. The minimum atomic E-state index is 0.798. The van der Waals surface area contributed by atoms with Crippen molar-refractivity contribution in [1.82, 2.24) is 5.32 Å². The molecule has 1 heteroatoms. The van der Waals surface area contributed by atoms with Crippen molar-refractivity contribution in [3.63, 3.8) is 0 Å². The highest BCUT2D eigenvalue weighted by Gasteiger charge is 2.18. The summed E-state index contributed by atoms with van der Waals surface area (Å²) in [5, 5.41) is 3.79. The summed E-state index contributed by atoms with van der Waals surface area (Å²) in [7, 11) is 0.